The minimum Gasteiger partial charge on any atom is -0.492 e. The number of fused-ring (bicyclic) bond motifs is 1. The van der Waals surface area contributed by atoms with Crippen molar-refractivity contribution in [1.29, 1.82) is 0 Å². The zero-order chi connectivity index (χ0) is 15.6. The third-order valence-electron chi connectivity index (χ3n) is 3.05. The van der Waals surface area contributed by atoms with E-state index in [1.807, 2.05) is 0 Å². The minimum absolute atomic E-state index is 0.0686. The van der Waals surface area contributed by atoms with E-state index in [1.54, 1.807) is 6.26 Å². The highest BCUT2D eigenvalue weighted by molar-refractivity contribution is 8.13. The van der Waals surface area contributed by atoms with Crippen LogP contribution in [0.2, 0.25) is 0 Å². The van der Waals surface area contributed by atoms with Gasteiger partial charge in [-0.1, -0.05) is 0 Å². The van der Waals surface area contributed by atoms with Crippen LogP contribution in [0.25, 0.3) is 0 Å². The van der Waals surface area contributed by atoms with Gasteiger partial charge in [-0.05, 0) is 18.2 Å². The third-order valence-corrected chi connectivity index (χ3v) is 5.18. The van der Waals surface area contributed by atoms with Crippen molar-refractivity contribution in [3.63, 3.8) is 0 Å². The second-order valence-electron chi connectivity index (χ2n) is 4.57. The fraction of sp³-hybridized carbons (Fsp3) is 0.417. The van der Waals surface area contributed by atoms with Crippen molar-refractivity contribution in [2.75, 3.05) is 25.2 Å². The van der Waals surface area contributed by atoms with Crippen molar-refractivity contribution in [2.24, 2.45) is 0 Å². The molecule has 21 heavy (non-hydrogen) atoms. The first-order chi connectivity index (χ1) is 9.79. The van der Waals surface area contributed by atoms with Crippen LogP contribution in [0, 0.1) is 0 Å². The van der Waals surface area contributed by atoms with Gasteiger partial charge in [0.15, 0.2) is 0 Å². The molecule has 1 heterocycles. The summed E-state index contributed by atoms with van der Waals surface area (Å²) < 4.78 is 39.0. The maximum absolute atomic E-state index is 12.1. The van der Waals surface area contributed by atoms with E-state index in [0.29, 0.717) is 23.6 Å². The third kappa shape index (κ3) is 3.96. The largest absolute Gasteiger partial charge is 0.492 e. The van der Waals surface area contributed by atoms with E-state index in [-0.39, 0.29) is 17.4 Å². The Kier molecular flexibility index (Phi) is 4.90. The maximum Gasteiger partial charge on any atom is 0.261 e. The van der Waals surface area contributed by atoms with E-state index in [0.717, 1.165) is 0 Å². The lowest BCUT2D eigenvalue weighted by Gasteiger charge is -2.10. The number of amides is 1. The molecule has 2 rings (SSSR count). The number of nitrogens with one attached hydrogen (secondary N) is 1. The van der Waals surface area contributed by atoms with Crippen LogP contribution < -0.4 is 10.1 Å². The van der Waals surface area contributed by atoms with E-state index < -0.39 is 25.8 Å². The summed E-state index contributed by atoms with van der Waals surface area (Å²) in [5.41, 5.74) is 0.492. The van der Waals surface area contributed by atoms with Gasteiger partial charge in [0.2, 0.25) is 5.91 Å². The number of hydrogen-bond acceptors (Lipinski definition) is 5. The molecule has 1 aliphatic rings. The maximum atomic E-state index is 12.1. The summed E-state index contributed by atoms with van der Waals surface area (Å²) in [6, 6.07) is 4.17. The fourth-order valence-electron chi connectivity index (χ4n) is 2.00. The van der Waals surface area contributed by atoms with Gasteiger partial charge in [-0.2, -0.15) is 0 Å². The second kappa shape index (κ2) is 6.33. The van der Waals surface area contributed by atoms with Gasteiger partial charge in [0.25, 0.3) is 9.05 Å². The van der Waals surface area contributed by atoms with E-state index in [1.165, 1.54) is 18.2 Å². The standard InChI is InChI=1S/C12H14ClNO5S2/c1-20(16)5-4-14-12(15)10-7-19-11-3-2-8(6-9(10)11)21(13,17)18/h2-3,6,10H,4-5,7H2,1H3,(H,14,15). The van der Waals surface area contributed by atoms with Gasteiger partial charge in [0, 0.05) is 45.6 Å². The molecule has 6 nitrogen and oxygen atoms in total. The highest BCUT2D eigenvalue weighted by Gasteiger charge is 2.31. The molecule has 2 unspecified atom stereocenters. The van der Waals surface area contributed by atoms with Crippen molar-refractivity contribution in [3.8, 4) is 5.75 Å². The SMILES string of the molecule is CS(=O)CCNC(=O)C1COc2ccc(S(=O)(=O)Cl)cc21. The van der Waals surface area contributed by atoms with Crippen molar-refractivity contribution in [1.82, 2.24) is 5.32 Å². The van der Waals surface area contributed by atoms with Crippen molar-refractivity contribution >= 4 is 36.4 Å². The smallest absolute Gasteiger partial charge is 0.261 e. The highest BCUT2D eigenvalue weighted by Crippen LogP contribution is 2.36. The lowest BCUT2D eigenvalue weighted by molar-refractivity contribution is -0.122. The van der Waals surface area contributed by atoms with Crippen molar-refractivity contribution < 1.29 is 22.2 Å². The molecule has 1 aromatic rings. The van der Waals surface area contributed by atoms with Crippen LogP contribution in [-0.2, 0) is 24.6 Å². The van der Waals surface area contributed by atoms with Crippen molar-refractivity contribution in [2.45, 2.75) is 10.8 Å². The minimum atomic E-state index is -3.86. The monoisotopic (exact) mass is 351 g/mol. The van der Waals surface area contributed by atoms with Gasteiger partial charge in [-0.25, -0.2) is 8.42 Å². The molecule has 0 fully saturated rings. The van der Waals surface area contributed by atoms with E-state index in [4.69, 9.17) is 15.4 Å². The molecule has 1 aliphatic heterocycles. The van der Waals surface area contributed by atoms with Gasteiger partial charge in [-0.15, -0.1) is 0 Å². The summed E-state index contributed by atoms with van der Waals surface area (Å²) in [5.74, 6) is -0.0484. The number of halogens is 1. The summed E-state index contributed by atoms with van der Waals surface area (Å²) >= 11 is 0. The number of ether oxygens (including phenoxy) is 1. The Bertz CT molecular complexity index is 689. The summed E-state index contributed by atoms with van der Waals surface area (Å²) in [4.78, 5) is 12.0. The van der Waals surface area contributed by atoms with E-state index in [2.05, 4.69) is 5.32 Å². The summed E-state index contributed by atoms with van der Waals surface area (Å²) in [6.45, 7) is 0.434. The predicted molar refractivity (Wildman–Crippen MR) is 79.7 cm³/mol. The lowest BCUT2D eigenvalue weighted by Crippen LogP contribution is -2.32. The van der Waals surface area contributed by atoms with Gasteiger partial charge in [0.1, 0.15) is 18.3 Å². The molecule has 0 aliphatic carbocycles. The second-order valence-corrected chi connectivity index (χ2v) is 8.69. The molecular weight excluding hydrogens is 338 g/mol. The van der Waals surface area contributed by atoms with Crippen LogP contribution in [-0.4, -0.2) is 43.7 Å². The Balaban J connectivity index is 2.17. The molecule has 116 valence electrons. The van der Waals surface area contributed by atoms with Crippen LogP contribution >= 0.6 is 10.7 Å². The quantitative estimate of drug-likeness (QED) is 0.784. The van der Waals surface area contributed by atoms with Crippen LogP contribution in [0.5, 0.6) is 5.75 Å². The molecule has 0 saturated heterocycles. The molecule has 0 aromatic heterocycles. The molecular formula is C12H14ClNO5S2. The Morgan fingerprint density at radius 3 is 2.86 bits per heavy atom. The molecule has 2 atom stereocenters. The highest BCUT2D eigenvalue weighted by atomic mass is 35.7. The normalized spacial score (nSPS) is 18.7. The zero-order valence-electron chi connectivity index (χ0n) is 11.2. The first kappa shape index (κ1) is 16.3. The predicted octanol–water partition coefficient (Wildman–Crippen LogP) is 0.585. The topological polar surface area (TPSA) is 89.5 Å². The van der Waals surface area contributed by atoms with Gasteiger partial charge in [-0.3, -0.25) is 9.00 Å². The summed E-state index contributed by atoms with van der Waals surface area (Å²) in [6.07, 6.45) is 1.55. The van der Waals surface area contributed by atoms with E-state index in [9.17, 15) is 17.4 Å². The first-order valence-corrected chi connectivity index (χ1v) is 10.1. The summed E-state index contributed by atoms with van der Waals surface area (Å²) in [7, 11) is 0.459. The Hall–Kier alpha value is -1.12. The number of hydrogen-bond donors (Lipinski definition) is 1. The van der Waals surface area contributed by atoms with Gasteiger partial charge in [0.05, 0.1) is 4.90 Å². The average molecular weight is 352 g/mol. The van der Waals surface area contributed by atoms with Crippen LogP contribution in [0.3, 0.4) is 0 Å². The molecule has 1 amide bonds. The van der Waals surface area contributed by atoms with Crippen LogP contribution in [0.1, 0.15) is 11.5 Å². The Morgan fingerprint density at radius 1 is 1.52 bits per heavy atom. The molecule has 1 aromatic carbocycles. The molecule has 0 spiro atoms. The Morgan fingerprint density at radius 2 is 2.24 bits per heavy atom. The van der Waals surface area contributed by atoms with Crippen LogP contribution in [0.4, 0.5) is 0 Å². The average Bonchev–Trinajstić information content (AvgIpc) is 2.79. The number of carbonyl (C=O) groups excluding carboxylic acids is 1. The molecule has 9 heteroatoms. The number of carbonyl (C=O) groups is 1. The van der Waals surface area contributed by atoms with Crippen LogP contribution in [0.15, 0.2) is 23.1 Å². The van der Waals surface area contributed by atoms with Gasteiger partial charge < -0.3 is 10.1 Å². The molecule has 0 bridgehead atoms. The van der Waals surface area contributed by atoms with E-state index >= 15 is 0 Å². The molecule has 0 saturated carbocycles. The lowest BCUT2D eigenvalue weighted by atomic mass is 10.0. The Labute approximate surface area is 129 Å². The summed E-state index contributed by atoms with van der Waals surface area (Å²) in [5, 5.41) is 2.66. The molecule has 1 N–H and O–H groups in total. The molecule has 0 radical (unpaired) electrons. The number of rotatable bonds is 5. The number of benzene rings is 1. The van der Waals surface area contributed by atoms with Gasteiger partial charge >= 0.3 is 0 Å². The first-order valence-electron chi connectivity index (χ1n) is 6.08. The fourth-order valence-corrected chi connectivity index (χ4v) is 3.18. The van der Waals surface area contributed by atoms with Crippen molar-refractivity contribution in [3.05, 3.63) is 23.8 Å². The zero-order valence-corrected chi connectivity index (χ0v) is 13.6.